The number of fused-ring (bicyclic) bond motifs is 1. The van der Waals surface area contributed by atoms with Gasteiger partial charge in [-0.1, -0.05) is 11.6 Å². The third kappa shape index (κ3) is 1.83. The number of piperidine rings is 1. The molecule has 1 aliphatic rings. The van der Waals surface area contributed by atoms with Gasteiger partial charge in [0.2, 0.25) is 0 Å². The first-order valence-corrected chi connectivity index (χ1v) is 6.10. The molecule has 84 valence electrons. The zero-order valence-corrected chi connectivity index (χ0v) is 9.76. The fraction of sp³-hybridized carbons (Fsp3) is 0.385. The number of furan rings is 1. The molecule has 2 nitrogen and oxygen atoms in total. The maximum Gasteiger partial charge on any atom is 0.135 e. The molecule has 16 heavy (non-hydrogen) atoms. The quantitative estimate of drug-likeness (QED) is 0.818. The molecule has 2 heterocycles. The summed E-state index contributed by atoms with van der Waals surface area (Å²) in [5, 5.41) is 5.25. The van der Waals surface area contributed by atoms with Gasteiger partial charge in [0.25, 0.3) is 0 Å². The number of rotatable bonds is 1. The monoisotopic (exact) mass is 235 g/mol. The molecular weight excluding hydrogens is 222 g/mol. The highest BCUT2D eigenvalue weighted by molar-refractivity contribution is 6.31. The highest BCUT2D eigenvalue weighted by atomic mass is 35.5. The first-order chi connectivity index (χ1) is 7.83. The second-order valence-corrected chi connectivity index (χ2v) is 4.79. The van der Waals surface area contributed by atoms with Crippen LogP contribution in [0.5, 0.6) is 0 Å². The van der Waals surface area contributed by atoms with Crippen LogP contribution in [0.1, 0.15) is 24.5 Å². The van der Waals surface area contributed by atoms with Gasteiger partial charge in [-0.25, -0.2) is 0 Å². The van der Waals surface area contributed by atoms with E-state index in [0.717, 1.165) is 47.7 Å². The van der Waals surface area contributed by atoms with E-state index in [1.54, 1.807) is 0 Å². The van der Waals surface area contributed by atoms with Gasteiger partial charge in [0.15, 0.2) is 0 Å². The highest BCUT2D eigenvalue weighted by Crippen LogP contribution is 2.31. The van der Waals surface area contributed by atoms with Crippen LogP contribution in [0.4, 0.5) is 0 Å². The van der Waals surface area contributed by atoms with Gasteiger partial charge in [0.1, 0.15) is 11.3 Å². The van der Waals surface area contributed by atoms with Crippen LogP contribution in [0.15, 0.2) is 28.7 Å². The molecular formula is C13H14ClNO. The summed E-state index contributed by atoms with van der Waals surface area (Å²) in [6.45, 7) is 2.17. The van der Waals surface area contributed by atoms with Crippen molar-refractivity contribution in [3.05, 3.63) is 35.0 Å². The Bertz CT molecular complexity index is 500. The largest absolute Gasteiger partial charge is 0.461 e. The summed E-state index contributed by atoms with van der Waals surface area (Å²) in [6, 6.07) is 7.97. The third-order valence-corrected chi connectivity index (χ3v) is 3.48. The van der Waals surface area contributed by atoms with E-state index < -0.39 is 0 Å². The van der Waals surface area contributed by atoms with Crippen LogP contribution in [0.2, 0.25) is 5.02 Å². The fourth-order valence-electron chi connectivity index (χ4n) is 2.33. The molecule has 0 radical (unpaired) electrons. The molecule has 1 fully saturated rings. The first kappa shape index (κ1) is 10.2. The maximum atomic E-state index is 5.94. The standard InChI is InChI=1S/C13H14ClNO/c14-11-2-1-10-7-12(16-13(10)8-11)9-3-5-15-6-4-9/h1-2,7-9,15H,3-6H2. The predicted molar refractivity (Wildman–Crippen MR) is 66.1 cm³/mol. The molecule has 0 spiro atoms. The molecule has 1 saturated heterocycles. The summed E-state index contributed by atoms with van der Waals surface area (Å²) in [5.41, 5.74) is 0.904. The highest BCUT2D eigenvalue weighted by Gasteiger charge is 2.18. The van der Waals surface area contributed by atoms with Crippen molar-refractivity contribution in [1.82, 2.24) is 5.32 Å². The zero-order chi connectivity index (χ0) is 11.0. The molecule has 2 aromatic rings. The Morgan fingerprint density at radius 1 is 1.19 bits per heavy atom. The van der Waals surface area contributed by atoms with Crippen LogP contribution >= 0.6 is 11.6 Å². The summed E-state index contributed by atoms with van der Waals surface area (Å²) in [6.07, 6.45) is 2.32. The van der Waals surface area contributed by atoms with Crippen molar-refractivity contribution in [2.24, 2.45) is 0 Å². The molecule has 3 heteroatoms. The Kier molecular flexibility index (Phi) is 2.62. The lowest BCUT2D eigenvalue weighted by molar-refractivity contribution is 0.397. The van der Waals surface area contributed by atoms with Crippen molar-refractivity contribution in [2.75, 3.05) is 13.1 Å². The Morgan fingerprint density at radius 3 is 2.81 bits per heavy atom. The van der Waals surface area contributed by atoms with Gasteiger partial charge in [-0.2, -0.15) is 0 Å². The molecule has 0 unspecified atom stereocenters. The lowest BCUT2D eigenvalue weighted by Gasteiger charge is -2.20. The SMILES string of the molecule is Clc1ccc2cc(C3CCNCC3)oc2c1. The summed E-state index contributed by atoms with van der Waals surface area (Å²) in [5.74, 6) is 1.67. The van der Waals surface area contributed by atoms with Gasteiger partial charge in [0.05, 0.1) is 0 Å². The normalized spacial score (nSPS) is 18.1. The van der Waals surface area contributed by atoms with Crippen LogP contribution in [0.3, 0.4) is 0 Å². The second kappa shape index (κ2) is 4.11. The lowest BCUT2D eigenvalue weighted by atomic mass is 9.95. The molecule has 0 atom stereocenters. The summed E-state index contributed by atoms with van der Waals surface area (Å²) >= 11 is 5.94. The minimum atomic E-state index is 0.562. The molecule has 1 aliphatic heterocycles. The number of hydrogen-bond donors (Lipinski definition) is 1. The van der Waals surface area contributed by atoms with Crippen LogP contribution in [0.25, 0.3) is 11.0 Å². The van der Waals surface area contributed by atoms with E-state index in [0.29, 0.717) is 5.92 Å². The van der Waals surface area contributed by atoms with E-state index in [1.807, 2.05) is 18.2 Å². The van der Waals surface area contributed by atoms with Gasteiger partial charge >= 0.3 is 0 Å². The molecule has 0 aliphatic carbocycles. The Morgan fingerprint density at radius 2 is 2.00 bits per heavy atom. The number of benzene rings is 1. The summed E-state index contributed by atoms with van der Waals surface area (Å²) < 4.78 is 5.88. The fourth-order valence-corrected chi connectivity index (χ4v) is 2.50. The van der Waals surface area contributed by atoms with Crippen molar-refractivity contribution in [1.29, 1.82) is 0 Å². The number of nitrogens with one attached hydrogen (secondary N) is 1. The van der Waals surface area contributed by atoms with Gasteiger partial charge in [-0.05, 0) is 50.2 Å². The molecule has 1 aromatic carbocycles. The molecule has 0 bridgehead atoms. The van der Waals surface area contributed by atoms with Crippen LogP contribution in [-0.2, 0) is 0 Å². The van der Waals surface area contributed by atoms with E-state index >= 15 is 0 Å². The third-order valence-electron chi connectivity index (χ3n) is 3.24. The summed E-state index contributed by atoms with van der Waals surface area (Å²) in [7, 11) is 0. The first-order valence-electron chi connectivity index (χ1n) is 5.72. The molecule has 1 aromatic heterocycles. The van der Waals surface area contributed by atoms with Crippen molar-refractivity contribution < 1.29 is 4.42 Å². The minimum Gasteiger partial charge on any atom is -0.461 e. The Balaban J connectivity index is 1.97. The molecule has 0 saturated carbocycles. The average Bonchev–Trinajstić information content (AvgIpc) is 2.73. The molecule has 1 N–H and O–H groups in total. The van der Waals surface area contributed by atoms with Gasteiger partial charge < -0.3 is 9.73 Å². The van der Waals surface area contributed by atoms with E-state index in [4.69, 9.17) is 16.0 Å². The Hall–Kier alpha value is -0.990. The van der Waals surface area contributed by atoms with Crippen LogP contribution in [-0.4, -0.2) is 13.1 Å². The van der Waals surface area contributed by atoms with Crippen LogP contribution < -0.4 is 5.32 Å². The zero-order valence-electron chi connectivity index (χ0n) is 9.00. The van der Waals surface area contributed by atoms with E-state index in [2.05, 4.69) is 11.4 Å². The van der Waals surface area contributed by atoms with Gasteiger partial charge in [0, 0.05) is 16.3 Å². The van der Waals surface area contributed by atoms with Crippen molar-refractivity contribution >= 4 is 22.6 Å². The predicted octanol–water partition coefficient (Wildman–Crippen LogP) is 3.55. The minimum absolute atomic E-state index is 0.562. The van der Waals surface area contributed by atoms with E-state index in [-0.39, 0.29) is 0 Å². The second-order valence-electron chi connectivity index (χ2n) is 4.36. The maximum absolute atomic E-state index is 5.94. The topological polar surface area (TPSA) is 25.2 Å². The van der Waals surface area contributed by atoms with Crippen molar-refractivity contribution in [3.63, 3.8) is 0 Å². The van der Waals surface area contributed by atoms with Crippen molar-refractivity contribution in [2.45, 2.75) is 18.8 Å². The van der Waals surface area contributed by atoms with E-state index in [1.165, 1.54) is 0 Å². The number of hydrogen-bond acceptors (Lipinski definition) is 2. The van der Waals surface area contributed by atoms with Gasteiger partial charge in [-0.3, -0.25) is 0 Å². The Labute approximate surface area is 99.6 Å². The molecule has 0 amide bonds. The van der Waals surface area contributed by atoms with Crippen molar-refractivity contribution in [3.8, 4) is 0 Å². The number of halogens is 1. The van der Waals surface area contributed by atoms with Gasteiger partial charge in [-0.15, -0.1) is 0 Å². The average molecular weight is 236 g/mol. The van der Waals surface area contributed by atoms with Crippen LogP contribution in [0, 0.1) is 0 Å². The smallest absolute Gasteiger partial charge is 0.135 e. The lowest BCUT2D eigenvalue weighted by Crippen LogP contribution is -2.26. The summed E-state index contributed by atoms with van der Waals surface area (Å²) in [4.78, 5) is 0. The molecule has 3 rings (SSSR count). The van der Waals surface area contributed by atoms with E-state index in [9.17, 15) is 0 Å².